The van der Waals surface area contributed by atoms with Gasteiger partial charge in [-0.2, -0.15) is 5.10 Å². The van der Waals surface area contributed by atoms with Gasteiger partial charge in [-0.3, -0.25) is 0 Å². The molecule has 1 fully saturated rings. The van der Waals surface area contributed by atoms with Crippen molar-refractivity contribution >= 4 is 11.8 Å². The molecule has 1 aromatic rings. The van der Waals surface area contributed by atoms with Crippen LogP contribution in [0.2, 0.25) is 0 Å². The van der Waals surface area contributed by atoms with Gasteiger partial charge in [-0.15, -0.1) is 5.10 Å². The first kappa shape index (κ1) is 14.7. The molecule has 2 rings (SSSR count). The van der Waals surface area contributed by atoms with Gasteiger partial charge in [0.15, 0.2) is 5.82 Å². The summed E-state index contributed by atoms with van der Waals surface area (Å²) in [4.78, 5) is 11.6. The van der Waals surface area contributed by atoms with Crippen molar-refractivity contribution in [1.29, 1.82) is 0 Å². The molecule has 6 heteroatoms. The average molecular weight is 279 g/mol. The number of nitrogens with one attached hydrogen (secondary N) is 1. The molecule has 1 aliphatic rings. The predicted molar refractivity (Wildman–Crippen MR) is 75.0 cm³/mol. The summed E-state index contributed by atoms with van der Waals surface area (Å²) in [6, 6.07) is 0. The molecule has 0 aliphatic heterocycles. The number of nitrogens with zero attached hydrogens (tertiary/aromatic N) is 2. The van der Waals surface area contributed by atoms with Crippen molar-refractivity contribution in [2.45, 2.75) is 51.5 Å². The summed E-state index contributed by atoms with van der Waals surface area (Å²) < 4.78 is 0. The zero-order valence-electron chi connectivity index (χ0n) is 11.9. The van der Waals surface area contributed by atoms with Crippen molar-refractivity contribution < 1.29 is 15.0 Å². The van der Waals surface area contributed by atoms with Crippen molar-refractivity contribution in [3.05, 3.63) is 16.8 Å². The number of hydrogen-bond acceptors (Lipinski definition) is 5. The molecule has 20 heavy (non-hydrogen) atoms. The van der Waals surface area contributed by atoms with Gasteiger partial charge in [0, 0.05) is 0 Å². The largest absolute Gasteiger partial charge is 0.478 e. The van der Waals surface area contributed by atoms with Gasteiger partial charge in [-0.1, -0.05) is 13.8 Å². The smallest absolute Gasteiger partial charge is 0.339 e. The fourth-order valence-electron chi connectivity index (χ4n) is 2.67. The molecule has 3 N–H and O–H groups in total. The lowest BCUT2D eigenvalue weighted by atomic mass is 9.77. The first-order chi connectivity index (χ1) is 9.56. The minimum Gasteiger partial charge on any atom is -0.478 e. The van der Waals surface area contributed by atoms with E-state index >= 15 is 0 Å². The molecule has 0 atom stereocenters. The van der Waals surface area contributed by atoms with Gasteiger partial charge in [0.1, 0.15) is 5.56 Å². The molecule has 0 unspecified atom stereocenters. The fraction of sp³-hybridized carbons (Fsp3) is 0.643. The second-order valence-corrected chi connectivity index (χ2v) is 5.28. The summed E-state index contributed by atoms with van der Waals surface area (Å²) >= 11 is 0. The Morgan fingerprint density at radius 1 is 1.30 bits per heavy atom. The fourth-order valence-corrected chi connectivity index (χ4v) is 2.67. The number of hydrogen-bond donors (Lipinski definition) is 3. The van der Waals surface area contributed by atoms with E-state index in [4.69, 9.17) is 0 Å². The second-order valence-electron chi connectivity index (χ2n) is 5.28. The van der Waals surface area contributed by atoms with Crippen LogP contribution in [-0.2, 0) is 12.8 Å². The van der Waals surface area contributed by atoms with Crippen LogP contribution in [0.3, 0.4) is 0 Å². The predicted octanol–water partition coefficient (Wildman–Crippen LogP) is 1.63. The summed E-state index contributed by atoms with van der Waals surface area (Å²) in [5, 5.41) is 30.3. The molecular weight excluding hydrogens is 258 g/mol. The lowest BCUT2D eigenvalue weighted by Crippen LogP contribution is -2.49. The van der Waals surface area contributed by atoms with Gasteiger partial charge in [0.05, 0.1) is 17.8 Å². The number of aromatic nitrogens is 2. The number of aromatic carboxylic acids is 1. The summed E-state index contributed by atoms with van der Waals surface area (Å²) in [6.07, 6.45) is 3.92. The van der Waals surface area contributed by atoms with E-state index in [0.29, 0.717) is 12.8 Å². The number of aryl methyl sites for hydroxylation is 1. The highest BCUT2D eigenvalue weighted by Gasteiger charge is 2.38. The molecule has 1 heterocycles. The van der Waals surface area contributed by atoms with Crippen LogP contribution in [0.1, 0.15) is 54.7 Å². The van der Waals surface area contributed by atoms with Crippen LogP contribution in [0.25, 0.3) is 0 Å². The van der Waals surface area contributed by atoms with Gasteiger partial charge >= 0.3 is 5.97 Å². The van der Waals surface area contributed by atoms with Gasteiger partial charge in [0.25, 0.3) is 0 Å². The zero-order valence-corrected chi connectivity index (χ0v) is 11.9. The Bertz CT molecular complexity index is 507. The molecule has 0 saturated heterocycles. The molecule has 0 amide bonds. The van der Waals surface area contributed by atoms with Gasteiger partial charge in [-0.05, 0) is 37.7 Å². The van der Waals surface area contributed by atoms with E-state index in [-0.39, 0.29) is 18.0 Å². The molecule has 110 valence electrons. The third-order valence-corrected chi connectivity index (χ3v) is 4.06. The summed E-state index contributed by atoms with van der Waals surface area (Å²) in [6.45, 7) is 3.82. The average Bonchev–Trinajstić information content (AvgIpc) is 2.41. The number of carbonyl (C=O) groups is 1. The number of carboxylic acid groups (broad SMARTS) is 1. The van der Waals surface area contributed by atoms with Crippen molar-refractivity contribution in [2.24, 2.45) is 0 Å². The first-order valence-corrected chi connectivity index (χ1v) is 7.07. The molecule has 1 aromatic heterocycles. The van der Waals surface area contributed by atoms with E-state index in [1.165, 1.54) is 0 Å². The van der Waals surface area contributed by atoms with E-state index < -0.39 is 11.5 Å². The molecule has 0 bridgehead atoms. The van der Waals surface area contributed by atoms with Crippen molar-refractivity contribution in [3.63, 3.8) is 0 Å². The molecule has 1 saturated carbocycles. The Morgan fingerprint density at radius 3 is 2.40 bits per heavy atom. The molecule has 0 aromatic carbocycles. The maximum atomic E-state index is 11.6. The Morgan fingerprint density at radius 2 is 2.00 bits per heavy atom. The highest BCUT2D eigenvalue weighted by Crippen LogP contribution is 2.35. The van der Waals surface area contributed by atoms with E-state index in [0.717, 1.165) is 30.5 Å². The number of aliphatic hydroxyl groups excluding tert-OH is 1. The number of carboxylic acids is 1. The second kappa shape index (κ2) is 5.75. The number of aliphatic hydroxyl groups is 1. The zero-order chi connectivity index (χ0) is 14.8. The normalized spacial score (nSPS) is 16.6. The topological polar surface area (TPSA) is 95.3 Å². The van der Waals surface area contributed by atoms with Crippen molar-refractivity contribution in [2.75, 3.05) is 11.9 Å². The molecule has 0 spiro atoms. The molecule has 6 nitrogen and oxygen atoms in total. The Balaban J connectivity index is 2.44. The van der Waals surface area contributed by atoms with Gasteiger partial charge in [0.2, 0.25) is 0 Å². The van der Waals surface area contributed by atoms with E-state index in [1.807, 2.05) is 13.8 Å². The lowest BCUT2D eigenvalue weighted by molar-refractivity contribution is 0.0695. The van der Waals surface area contributed by atoms with Crippen LogP contribution >= 0.6 is 0 Å². The molecular formula is C14H21N3O3. The van der Waals surface area contributed by atoms with Crippen molar-refractivity contribution in [3.8, 4) is 0 Å². The molecule has 0 radical (unpaired) electrons. The van der Waals surface area contributed by atoms with E-state index in [9.17, 15) is 15.0 Å². The summed E-state index contributed by atoms with van der Waals surface area (Å²) in [5.74, 6) is -0.721. The monoisotopic (exact) mass is 279 g/mol. The van der Waals surface area contributed by atoms with Crippen LogP contribution in [0.15, 0.2) is 0 Å². The summed E-state index contributed by atoms with van der Waals surface area (Å²) in [7, 11) is 0. The van der Waals surface area contributed by atoms with Gasteiger partial charge < -0.3 is 15.5 Å². The van der Waals surface area contributed by atoms with Crippen LogP contribution < -0.4 is 5.32 Å². The third kappa shape index (κ3) is 2.47. The number of rotatable bonds is 6. The highest BCUT2D eigenvalue weighted by atomic mass is 16.4. The Hall–Kier alpha value is -1.69. The lowest BCUT2D eigenvalue weighted by Gasteiger charge is -2.41. The van der Waals surface area contributed by atoms with E-state index in [1.54, 1.807) is 0 Å². The maximum absolute atomic E-state index is 11.6. The van der Waals surface area contributed by atoms with E-state index in [2.05, 4.69) is 15.5 Å². The summed E-state index contributed by atoms with van der Waals surface area (Å²) in [5.41, 5.74) is 1.21. The van der Waals surface area contributed by atoms with Crippen LogP contribution in [-0.4, -0.2) is 38.5 Å². The SMILES string of the molecule is CCc1nnc(NC2(CO)CCC2)c(C(=O)O)c1CC. The Kier molecular flexibility index (Phi) is 4.23. The van der Waals surface area contributed by atoms with Gasteiger partial charge in [-0.25, -0.2) is 4.79 Å². The van der Waals surface area contributed by atoms with Crippen molar-refractivity contribution in [1.82, 2.24) is 10.2 Å². The van der Waals surface area contributed by atoms with Crippen LogP contribution in [0.4, 0.5) is 5.82 Å². The quantitative estimate of drug-likeness (QED) is 0.732. The Labute approximate surface area is 118 Å². The molecule has 1 aliphatic carbocycles. The minimum atomic E-state index is -0.999. The maximum Gasteiger partial charge on any atom is 0.339 e. The highest BCUT2D eigenvalue weighted by molar-refractivity contribution is 5.95. The van der Waals surface area contributed by atoms with Crippen LogP contribution in [0.5, 0.6) is 0 Å². The van der Waals surface area contributed by atoms with Crippen LogP contribution in [0, 0.1) is 0 Å². The number of anilines is 1. The third-order valence-electron chi connectivity index (χ3n) is 4.06. The minimum absolute atomic E-state index is 0.0231. The first-order valence-electron chi connectivity index (χ1n) is 7.07. The standard InChI is InChI=1S/C14H21N3O3/c1-3-9-10(4-2)16-17-12(11(9)13(19)20)15-14(8-18)6-5-7-14/h18H,3-8H2,1-2H3,(H,15,17)(H,19,20).